The van der Waals surface area contributed by atoms with Crippen molar-refractivity contribution in [1.29, 1.82) is 0 Å². The first-order valence-electron chi connectivity index (χ1n) is 3.85. The molecular weight excluding hydrogens is 255 g/mol. The number of halogens is 2. The highest BCUT2D eigenvalue weighted by Gasteiger charge is 2.14. The smallest absolute Gasteiger partial charge is 0.152 e. The molecule has 4 heteroatoms. The lowest BCUT2D eigenvalue weighted by Gasteiger charge is -2.11. The molecule has 0 saturated carbocycles. The zero-order chi connectivity index (χ0) is 10.0. The van der Waals surface area contributed by atoms with Crippen molar-refractivity contribution in [3.8, 4) is 11.5 Å². The first-order chi connectivity index (χ1) is 6.11. The molecule has 0 radical (unpaired) electrons. The Labute approximate surface area is 90.6 Å². The van der Waals surface area contributed by atoms with Crippen molar-refractivity contribution in [1.82, 2.24) is 0 Å². The molecule has 72 valence electrons. The summed E-state index contributed by atoms with van der Waals surface area (Å²) in [7, 11) is 1.54. The number of benzene rings is 1. The van der Waals surface area contributed by atoms with Crippen LogP contribution in [0.2, 0.25) is 5.02 Å². The largest absolute Gasteiger partial charge is 0.505 e. The van der Waals surface area contributed by atoms with Crippen molar-refractivity contribution >= 4 is 27.5 Å². The van der Waals surface area contributed by atoms with E-state index in [2.05, 4.69) is 15.9 Å². The lowest BCUT2D eigenvalue weighted by molar-refractivity contribution is 0.403. The number of aryl methyl sites for hydroxylation is 1. The number of methoxy groups -OCH3 is 1. The van der Waals surface area contributed by atoms with Gasteiger partial charge in [0.15, 0.2) is 5.75 Å². The van der Waals surface area contributed by atoms with E-state index in [9.17, 15) is 5.11 Å². The topological polar surface area (TPSA) is 29.5 Å². The Kier molecular flexibility index (Phi) is 3.45. The highest BCUT2D eigenvalue weighted by molar-refractivity contribution is 9.10. The van der Waals surface area contributed by atoms with Gasteiger partial charge in [0.2, 0.25) is 0 Å². The van der Waals surface area contributed by atoms with E-state index in [1.54, 1.807) is 6.07 Å². The minimum Gasteiger partial charge on any atom is -0.505 e. The molecule has 0 spiro atoms. The summed E-state index contributed by atoms with van der Waals surface area (Å²) in [6.45, 7) is 2.00. The van der Waals surface area contributed by atoms with E-state index in [1.165, 1.54) is 7.11 Å². The first kappa shape index (κ1) is 10.7. The second kappa shape index (κ2) is 4.20. The van der Waals surface area contributed by atoms with E-state index >= 15 is 0 Å². The summed E-state index contributed by atoms with van der Waals surface area (Å²) in [5.41, 5.74) is 0.970. The number of aromatic hydroxyl groups is 1. The van der Waals surface area contributed by atoms with E-state index in [0.29, 0.717) is 10.2 Å². The van der Waals surface area contributed by atoms with E-state index in [4.69, 9.17) is 16.3 Å². The number of ether oxygens (including phenoxy) is 1. The molecule has 2 nitrogen and oxygen atoms in total. The van der Waals surface area contributed by atoms with Crippen LogP contribution in [0.1, 0.15) is 12.5 Å². The van der Waals surface area contributed by atoms with Gasteiger partial charge in [0.05, 0.1) is 11.6 Å². The monoisotopic (exact) mass is 264 g/mol. The maximum atomic E-state index is 9.48. The lowest BCUT2D eigenvalue weighted by Crippen LogP contribution is -1.92. The zero-order valence-corrected chi connectivity index (χ0v) is 9.74. The highest BCUT2D eigenvalue weighted by Crippen LogP contribution is 2.41. The Hall–Kier alpha value is -0.410. The van der Waals surface area contributed by atoms with Crippen LogP contribution in [-0.4, -0.2) is 12.2 Å². The molecule has 0 aliphatic carbocycles. The molecule has 0 fully saturated rings. The molecule has 1 N–H and O–H groups in total. The van der Waals surface area contributed by atoms with Crippen LogP contribution in [0.3, 0.4) is 0 Å². The molecule has 0 unspecified atom stereocenters. The number of rotatable bonds is 2. The quantitative estimate of drug-likeness (QED) is 0.888. The minimum atomic E-state index is 0.0238. The Morgan fingerprint density at radius 3 is 2.69 bits per heavy atom. The predicted octanol–water partition coefficient (Wildman–Crippen LogP) is 3.38. The summed E-state index contributed by atoms with van der Waals surface area (Å²) in [5, 5.41) is 9.74. The zero-order valence-electron chi connectivity index (χ0n) is 7.40. The summed E-state index contributed by atoms with van der Waals surface area (Å²) in [6, 6.07) is 1.81. The van der Waals surface area contributed by atoms with Gasteiger partial charge in [0.1, 0.15) is 10.8 Å². The van der Waals surface area contributed by atoms with Gasteiger partial charge in [-0.15, -0.1) is 0 Å². The van der Waals surface area contributed by atoms with Crippen molar-refractivity contribution < 1.29 is 9.84 Å². The summed E-state index contributed by atoms with van der Waals surface area (Å²) >= 11 is 9.09. The SMILES string of the molecule is CCc1cc(Br)c(O)c(Cl)c1OC. The van der Waals surface area contributed by atoms with Gasteiger partial charge in [-0.2, -0.15) is 0 Å². The predicted molar refractivity (Wildman–Crippen MR) is 56.7 cm³/mol. The summed E-state index contributed by atoms with van der Waals surface area (Å²) in [6.07, 6.45) is 0.807. The summed E-state index contributed by atoms with van der Waals surface area (Å²) < 4.78 is 5.68. The van der Waals surface area contributed by atoms with Crippen LogP contribution < -0.4 is 4.74 Å². The molecule has 1 aromatic rings. The fraction of sp³-hybridized carbons (Fsp3) is 0.333. The maximum absolute atomic E-state index is 9.48. The molecule has 0 heterocycles. The van der Waals surface area contributed by atoms with E-state index in [-0.39, 0.29) is 10.8 Å². The van der Waals surface area contributed by atoms with Crippen LogP contribution in [0.15, 0.2) is 10.5 Å². The number of phenols is 1. The van der Waals surface area contributed by atoms with Crippen molar-refractivity contribution in [2.45, 2.75) is 13.3 Å². The third-order valence-electron chi connectivity index (χ3n) is 1.81. The second-order valence-electron chi connectivity index (χ2n) is 2.57. The summed E-state index contributed by atoms with van der Waals surface area (Å²) in [5.74, 6) is 0.570. The van der Waals surface area contributed by atoms with Crippen molar-refractivity contribution in [3.05, 3.63) is 21.1 Å². The Balaban J connectivity index is 3.39. The van der Waals surface area contributed by atoms with Gasteiger partial charge in [0.25, 0.3) is 0 Å². The van der Waals surface area contributed by atoms with E-state index in [0.717, 1.165) is 12.0 Å². The highest BCUT2D eigenvalue weighted by atomic mass is 79.9. The fourth-order valence-corrected chi connectivity index (χ4v) is 2.01. The number of phenolic OH excluding ortho intramolecular Hbond substituents is 1. The molecule has 0 aliphatic rings. The second-order valence-corrected chi connectivity index (χ2v) is 3.80. The number of hydrogen-bond acceptors (Lipinski definition) is 2. The average Bonchev–Trinajstić information content (AvgIpc) is 2.13. The summed E-state index contributed by atoms with van der Waals surface area (Å²) in [4.78, 5) is 0. The molecule has 0 amide bonds. The van der Waals surface area contributed by atoms with Crippen molar-refractivity contribution in [2.75, 3.05) is 7.11 Å². The normalized spacial score (nSPS) is 10.2. The van der Waals surface area contributed by atoms with Gasteiger partial charge < -0.3 is 9.84 Å². The minimum absolute atomic E-state index is 0.0238. The molecule has 0 saturated heterocycles. The van der Waals surface area contributed by atoms with Crippen LogP contribution in [0.4, 0.5) is 0 Å². The van der Waals surface area contributed by atoms with Gasteiger partial charge in [-0.1, -0.05) is 18.5 Å². The average molecular weight is 266 g/mol. The van der Waals surface area contributed by atoms with Crippen LogP contribution in [0, 0.1) is 0 Å². The standard InChI is InChI=1S/C9H10BrClO2/c1-3-5-4-6(10)8(12)7(11)9(5)13-2/h4,12H,3H2,1-2H3. The molecule has 1 rings (SSSR count). The van der Waals surface area contributed by atoms with Crippen LogP contribution in [0.5, 0.6) is 11.5 Å². The number of hydrogen-bond donors (Lipinski definition) is 1. The van der Waals surface area contributed by atoms with Gasteiger partial charge >= 0.3 is 0 Å². The van der Waals surface area contributed by atoms with Crippen LogP contribution in [-0.2, 0) is 6.42 Å². The molecule has 13 heavy (non-hydrogen) atoms. The molecule has 1 aromatic carbocycles. The van der Waals surface area contributed by atoms with Gasteiger partial charge in [-0.25, -0.2) is 0 Å². The van der Waals surface area contributed by atoms with Crippen LogP contribution >= 0.6 is 27.5 Å². The van der Waals surface area contributed by atoms with Crippen molar-refractivity contribution in [3.63, 3.8) is 0 Å². The Morgan fingerprint density at radius 2 is 2.23 bits per heavy atom. The Bertz CT molecular complexity index is 326. The molecule has 0 atom stereocenters. The van der Waals surface area contributed by atoms with Gasteiger partial charge in [-0.05, 0) is 34.0 Å². The van der Waals surface area contributed by atoms with Crippen molar-refractivity contribution in [2.24, 2.45) is 0 Å². The first-order valence-corrected chi connectivity index (χ1v) is 5.02. The third-order valence-corrected chi connectivity index (χ3v) is 2.77. The molecule has 0 aromatic heterocycles. The lowest BCUT2D eigenvalue weighted by atomic mass is 10.1. The third kappa shape index (κ3) is 1.92. The Morgan fingerprint density at radius 1 is 1.62 bits per heavy atom. The van der Waals surface area contributed by atoms with Crippen LogP contribution in [0.25, 0.3) is 0 Å². The molecule has 0 aliphatic heterocycles. The fourth-order valence-electron chi connectivity index (χ4n) is 1.12. The van der Waals surface area contributed by atoms with Gasteiger partial charge in [0, 0.05) is 0 Å². The van der Waals surface area contributed by atoms with E-state index < -0.39 is 0 Å². The van der Waals surface area contributed by atoms with Gasteiger partial charge in [-0.3, -0.25) is 0 Å². The maximum Gasteiger partial charge on any atom is 0.152 e. The van der Waals surface area contributed by atoms with E-state index in [1.807, 2.05) is 6.92 Å². The molecule has 0 bridgehead atoms. The molecular formula is C9H10BrClO2.